The van der Waals surface area contributed by atoms with Crippen LogP contribution in [0.2, 0.25) is 0 Å². The first-order valence-electron chi connectivity index (χ1n) is 12.0. The summed E-state index contributed by atoms with van der Waals surface area (Å²) in [6.45, 7) is 0.266. The number of β-lactam (4-membered cyclic amide) rings is 1. The molecule has 0 aromatic carbocycles. The number of amides is 2. The number of hydrogen-bond donors (Lipinski definition) is 4. The number of carboxylic acids is 2. The van der Waals surface area contributed by atoms with Gasteiger partial charge >= 0.3 is 11.9 Å². The van der Waals surface area contributed by atoms with E-state index in [0.29, 0.717) is 15.6 Å². The minimum absolute atomic E-state index is 0.104. The third-order valence-electron chi connectivity index (χ3n) is 6.05. The zero-order chi connectivity index (χ0) is 30.0. The Hall–Kier alpha value is -4.00. The van der Waals surface area contributed by atoms with Crippen molar-refractivity contribution in [3.8, 4) is 0 Å². The van der Waals surface area contributed by atoms with Gasteiger partial charge in [0.25, 0.3) is 11.8 Å². The van der Waals surface area contributed by atoms with Crippen LogP contribution in [0, 0.1) is 0 Å². The molecule has 2 amide bonds. The lowest BCUT2D eigenvalue weighted by molar-refractivity contribution is -0.688. The van der Waals surface area contributed by atoms with E-state index in [0.717, 1.165) is 27.6 Å². The summed E-state index contributed by atoms with van der Waals surface area (Å²) in [6, 6.07) is 4.52. The van der Waals surface area contributed by atoms with E-state index in [1.165, 1.54) is 36.0 Å². The maximum Gasteiger partial charge on any atom is 0.352 e. The van der Waals surface area contributed by atoms with Gasteiger partial charge in [0.2, 0.25) is 0 Å². The summed E-state index contributed by atoms with van der Waals surface area (Å²) in [6.07, 6.45) is 3.61. The highest BCUT2D eigenvalue weighted by atomic mass is 32.2. The van der Waals surface area contributed by atoms with Gasteiger partial charge in [0.1, 0.15) is 40.5 Å². The number of carbonyl (C=O) groups is 4. The number of nitrogens with one attached hydrogen (secondary N) is 1. The van der Waals surface area contributed by atoms with Gasteiger partial charge in [-0.2, -0.15) is 4.57 Å². The first-order chi connectivity index (χ1) is 20.2. The third kappa shape index (κ3) is 5.96. The Bertz CT molecular complexity index is 1620. The van der Waals surface area contributed by atoms with Crippen molar-refractivity contribution < 1.29 is 38.8 Å². The summed E-state index contributed by atoms with van der Waals surface area (Å²) in [4.78, 5) is 64.7. The molecule has 0 spiro atoms. The van der Waals surface area contributed by atoms with Crippen molar-refractivity contribution in [2.75, 3.05) is 24.3 Å². The number of thioether (sulfide) groups is 2. The Morgan fingerprint density at radius 1 is 1.24 bits per heavy atom. The van der Waals surface area contributed by atoms with Crippen LogP contribution in [-0.2, 0) is 25.8 Å². The van der Waals surface area contributed by atoms with Gasteiger partial charge in [-0.05, 0) is 5.57 Å². The fourth-order valence-electron chi connectivity index (χ4n) is 4.22. The molecular formula is C24H22N7O7S4+. The number of carbonyl (C=O) groups excluding carboxylic acids is 2. The first-order valence-corrected chi connectivity index (χ1v) is 15.7. The second kappa shape index (κ2) is 12.5. The standard InChI is InChI=1S/C24H21N7O7S4/c1-38-29-14(13-10-40-23(25)26-13)18(32)28-15-19(33)31-16(21(34)35)11(8-39-20(15)31)9-41-24-27-12(17(42-24)22(36)37)7-30-5-3-2-4-6-30/h2-6,10,15,20H,7-9H2,1H3,(H4-,25,26,28,32,34,35,36,37)/p+1/b29-14-/t15-,20?/m1/s1. The van der Waals surface area contributed by atoms with Crippen molar-refractivity contribution >= 4 is 80.8 Å². The molecule has 2 aliphatic rings. The Kier molecular flexibility index (Phi) is 8.76. The fourth-order valence-corrected chi connectivity index (χ4v) is 8.27. The summed E-state index contributed by atoms with van der Waals surface area (Å²) >= 11 is 4.64. The van der Waals surface area contributed by atoms with Crippen molar-refractivity contribution in [3.63, 3.8) is 0 Å². The molecule has 2 atom stereocenters. The van der Waals surface area contributed by atoms with Crippen LogP contribution in [0.25, 0.3) is 0 Å². The molecule has 0 bridgehead atoms. The molecule has 3 aromatic heterocycles. The largest absolute Gasteiger partial charge is 0.477 e. The average Bonchev–Trinajstić information content (AvgIpc) is 3.59. The van der Waals surface area contributed by atoms with E-state index in [4.69, 9.17) is 10.6 Å². The number of pyridine rings is 1. The second-order valence-corrected chi connectivity index (χ2v) is 12.9. The number of hydrogen-bond acceptors (Lipinski definition) is 13. The number of carboxylic acid groups (broad SMARTS) is 2. The normalized spacial score (nSPS) is 18.4. The zero-order valence-corrected chi connectivity index (χ0v) is 24.9. The van der Waals surface area contributed by atoms with E-state index >= 15 is 0 Å². The van der Waals surface area contributed by atoms with Gasteiger partial charge in [-0.25, -0.2) is 19.6 Å². The molecule has 5 heterocycles. The minimum Gasteiger partial charge on any atom is -0.477 e. The van der Waals surface area contributed by atoms with Crippen LogP contribution in [0.4, 0.5) is 5.13 Å². The van der Waals surface area contributed by atoms with Gasteiger partial charge in [-0.1, -0.05) is 23.0 Å². The van der Waals surface area contributed by atoms with Crippen molar-refractivity contribution in [2.24, 2.45) is 5.16 Å². The number of nitrogens with two attached hydrogens (primary N) is 1. The quantitative estimate of drug-likeness (QED) is 0.0760. The Balaban J connectivity index is 1.30. The smallest absolute Gasteiger partial charge is 0.352 e. The molecule has 5 rings (SSSR count). The van der Waals surface area contributed by atoms with E-state index in [1.54, 1.807) is 17.0 Å². The summed E-state index contributed by atoms with van der Waals surface area (Å²) in [7, 11) is 1.26. The van der Waals surface area contributed by atoms with Crippen LogP contribution < -0.4 is 15.6 Å². The van der Waals surface area contributed by atoms with Gasteiger partial charge < -0.3 is 26.1 Å². The van der Waals surface area contributed by atoms with Crippen LogP contribution in [0.1, 0.15) is 21.1 Å². The molecule has 18 heteroatoms. The molecule has 0 radical (unpaired) electrons. The molecule has 1 saturated heterocycles. The van der Waals surface area contributed by atoms with E-state index in [1.807, 2.05) is 18.2 Å². The van der Waals surface area contributed by atoms with Gasteiger partial charge in [-0.3, -0.25) is 14.5 Å². The van der Waals surface area contributed by atoms with Crippen molar-refractivity contribution in [1.29, 1.82) is 0 Å². The van der Waals surface area contributed by atoms with Crippen LogP contribution in [-0.4, -0.2) is 84.6 Å². The molecule has 218 valence electrons. The Morgan fingerprint density at radius 2 is 2.00 bits per heavy atom. The summed E-state index contributed by atoms with van der Waals surface area (Å²) in [5.74, 6) is -3.21. The molecule has 14 nitrogen and oxygen atoms in total. The van der Waals surface area contributed by atoms with E-state index in [2.05, 4.69) is 20.4 Å². The van der Waals surface area contributed by atoms with Crippen LogP contribution in [0.15, 0.2) is 56.7 Å². The third-order valence-corrected chi connectivity index (χ3v) is 10.4. The second-order valence-electron chi connectivity index (χ2n) is 8.71. The predicted octanol–water partition coefficient (Wildman–Crippen LogP) is 1.10. The number of rotatable bonds is 11. The van der Waals surface area contributed by atoms with Crippen molar-refractivity contribution in [3.05, 3.63) is 63.5 Å². The Morgan fingerprint density at radius 3 is 2.64 bits per heavy atom. The van der Waals surface area contributed by atoms with Crippen LogP contribution >= 0.6 is 46.2 Å². The molecule has 3 aromatic rings. The molecule has 0 saturated carbocycles. The number of nitrogens with zero attached hydrogens (tertiary/aromatic N) is 5. The van der Waals surface area contributed by atoms with Gasteiger partial charge in [0, 0.05) is 29.0 Å². The highest BCUT2D eigenvalue weighted by Crippen LogP contribution is 2.42. The highest BCUT2D eigenvalue weighted by molar-refractivity contribution is 8.01. The molecule has 42 heavy (non-hydrogen) atoms. The van der Waals surface area contributed by atoms with E-state index in [-0.39, 0.29) is 45.2 Å². The zero-order valence-electron chi connectivity index (χ0n) is 21.6. The van der Waals surface area contributed by atoms with Crippen LogP contribution in [0.5, 0.6) is 0 Å². The molecule has 2 aliphatic heterocycles. The van der Waals surface area contributed by atoms with E-state index < -0.39 is 35.2 Å². The van der Waals surface area contributed by atoms with Gasteiger partial charge in [-0.15, -0.1) is 34.4 Å². The van der Waals surface area contributed by atoms with Crippen molar-refractivity contribution in [2.45, 2.75) is 22.3 Å². The monoisotopic (exact) mass is 648 g/mol. The maximum absolute atomic E-state index is 13.1. The van der Waals surface area contributed by atoms with Crippen molar-refractivity contribution in [1.82, 2.24) is 20.2 Å². The molecule has 0 aliphatic carbocycles. The number of fused-ring (bicyclic) bond motifs is 1. The Labute approximate surface area is 254 Å². The fraction of sp³-hybridized carbons (Fsp3) is 0.250. The van der Waals surface area contributed by atoms with Gasteiger partial charge in [0.05, 0.1) is 0 Å². The molecule has 1 unspecified atom stereocenters. The number of aliphatic carboxylic acids is 1. The molecule has 5 N–H and O–H groups in total. The lowest BCUT2D eigenvalue weighted by Crippen LogP contribution is -2.71. The summed E-state index contributed by atoms with van der Waals surface area (Å²) < 4.78 is 2.27. The lowest BCUT2D eigenvalue weighted by Gasteiger charge is -2.49. The first kappa shape index (κ1) is 29.5. The molecule has 1 fully saturated rings. The summed E-state index contributed by atoms with van der Waals surface area (Å²) in [5, 5.41) is 27.1. The maximum atomic E-state index is 13.1. The lowest BCUT2D eigenvalue weighted by atomic mass is 10.0. The van der Waals surface area contributed by atoms with Gasteiger partial charge in [0.15, 0.2) is 34.1 Å². The SMILES string of the molecule is CO/N=C(\C(=O)N[C@@H]1C(=O)N2C(C(=O)O)=C(CSc3nc(C[n+]4ccccc4)c(C(=O)O)s3)CSC12)c1csc(N)n1. The number of thiazole rings is 2. The average molecular weight is 649 g/mol. The predicted molar refractivity (Wildman–Crippen MR) is 155 cm³/mol. The number of aromatic nitrogens is 3. The summed E-state index contributed by atoms with van der Waals surface area (Å²) in [5.41, 5.74) is 6.39. The number of oxime groups is 1. The number of anilines is 1. The minimum atomic E-state index is -1.28. The highest BCUT2D eigenvalue weighted by Gasteiger charge is 2.54. The molecular weight excluding hydrogens is 627 g/mol. The number of aromatic carboxylic acids is 1. The van der Waals surface area contributed by atoms with Crippen LogP contribution in [0.3, 0.4) is 0 Å². The van der Waals surface area contributed by atoms with E-state index in [9.17, 15) is 29.4 Å². The topological polar surface area (TPSA) is 201 Å². The number of nitrogen functional groups attached to an aromatic ring is 1.